The lowest BCUT2D eigenvalue weighted by Gasteiger charge is -2.27. The van der Waals surface area contributed by atoms with E-state index >= 15 is 0 Å². The Labute approximate surface area is 502 Å². The highest BCUT2D eigenvalue weighted by Gasteiger charge is 2.30. The molecule has 0 aliphatic heterocycles. The van der Waals surface area contributed by atoms with Gasteiger partial charge in [-0.25, -0.2) is 4.57 Å². The first-order valence-corrected chi connectivity index (χ1v) is 35.8. The van der Waals surface area contributed by atoms with Gasteiger partial charge in [-0.15, -0.1) is 0 Å². The number of carbonyl (C=O) groups excluding carboxylic acids is 2. The van der Waals surface area contributed by atoms with E-state index in [4.69, 9.17) is 13.8 Å². The van der Waals surface area contributed by atoms with Gasteiger partial charge in [-0.3, -0.25) is 18.6 Å². The number of rotatable bonds is 62. The van der Waals surface area contributed by atoms with Crippen LogP contribution in [-0.2, 0) is 27.9 Å². The molecular weight excluding hydrogens is 1020 g/mol. The second-order valence-electron chi connectivity index (χ2n) is 24.3. The van der Waals surface area contributed by atoms with Gasteiger partial charge in [-0.1, -0.05) is 274 Å². The Morgan fingerprint density at radius 3 is 1.15 bits per heavy atom. The molecule has 0 heterocycles. The molecule has 0 aromatic rings. The summed E-state index contributed by atoms with van der Waals surface area (Å²) in [6.45, 7) is 6.98. The zero-order valence-corrected chi connectivity index (χ0v) is 54.9. The van der Waals surface area contributed by atoms with Crippen molar-refractivity contribution < 1.29 is 37.3 Å². The number of nitrogens with one attached hydrogen (secondary N) is 1. The molecule has 0 saturated heterocycles. The van der Waals surface area contributed by atoms with Crippen molar-refractivity contribution in [1.82, 2.24) is 5.32 Å². The molecular formula is C71H132N2O7P+. The smallest absolute Gasteiger partial charge is 0.456 e. The average molecular weight is 1160 g/mol. The number of ether oxygens (including phenoxy) is 1. The summed E-state index contributed by atoms with van der Waals surface area (Å²) in [5, 5.41) is 3.07. The maximum Gasteiger partial charge on any atom is 0.472 e. The summed E-state index contributed by atoms with van der Waals surface area (Å²) < 4.78 is 30.8. The summed E-state index contributed by atoms with van der Waals surface area (Å²) in [5.41, 5.74) is 0. The summed E-state index contributed by atoms with van der Waals surface area (Å²) >= 11 is 0. The maximum atomic E-state index is 13.6. The number of nitrogens with zero attached hydrogens (tertiary/aromatic N) is 1. The molecule has 1 amide bonds. The van der Waals surface area contributed by atoms with Crippen LogP contribution in [0.4, 0.5) is 0 Å². The van der Waals surface area contributed by atoms with Gasteiger partial charge in [-0.05, 0) is 102 Å². The van der Waals surface area contributed by atoms with Crippen LogP contribution in [-0.4, -0.2) is 74.3 Å². The third-order valence-corrected chi connectivity index (χ3v) is 16.1. The van der Waals surface area contributed by atoms with Gasteiger partial charge in [0.1, 0.15) is 19.3 Å². The van der Waals surface area contributed by atoms with Crippen LogP contribution < -0.4 is 5.32 Å². The van der Waals surface area contributed by atoms with Crippen molar-refractivity contribution >= 4 is 19.7 Å². The van der Waals surface area contributed by atoms with Gasteiger partial charge >= 0.3 is 13.8 Å². The first kappa shape index (κ1) is 78.5. The number of hydrogen-bond donors (Lipinski definition) is 2. The van der Waals surface area contributed by atoms with Crippen LogP contribution in [0, 0.1) is 0 Å². The Morgan fingerprint density at radius 2 is 0.753 bits per heavy atom. The molecule has 0 aliphatic rings. The molecule has 81 heavy (non-hydrogen) atoms. The molecule has 0 aromatic carbocycles. The van der Waals surface area contributed by atoms with Crippen molar-refractivity contribution in [3.63, 3.8) is 0 Å². The molecule has 9 nitrogen and oxygen atoms in total. The Balaban J connectivity index is 5.17. The van der Waals surface area contributed by atoms with Crippen LogP contribution in [0.2, 0.25) is 0 Å². The van der Waals surface area contributed by atoms with Gasteiger partial charge in [-0.2, -0.15) is 0 Å². The quantitative estimate of drug-likeness (QED) is 0.0205. The van der Waals surface area contributed by atoms with Crippen molar-refractivity contribution in [3.8, 4) is 0 Å². The summed E-state index contributed by atoms with van der Waals surface area (Å²) in [5.74, 6) is -0.513. The largest absolute Gasteiger partial charge is 0.472 e. The molecule has 0 bridgehead atoms. The number of phosphoric ester groups is 1. The minimum Gasteiger partial charge on any atom is -0.456 e. The number of esters is 1. The second-order valence-corrected chi connectivity index (χ2v) is 25.8. The molecule has 0 spiro atoms. The van der Waals surface area contributed by atoms with E-state index in [-0.39, 0.29) is 31.5 Å². The Hall–Kier alpha value is -2.55. The minimum atomic E-state index is -4.46. The van der Waals surface area contributed by atoms with E-state index in [0.29, 0.717) is 17.4 Å². The standard InChI is InChI=1S/C71H131N2O7P/c1-7-10-13-16-19-22-25-28-30-32-34-35-36-37-39-40-42-45-48-51-54-57-60-63-70(74)72-68(67-79-81(76,77)78-66-65-73(4,5)6)69(62-59-56-53-50-47-44-27-24-21-18-15-12-9-3)80-71(75)64-61-58-55-52-49-46-43-41-38-33-31-29-26-23-20-17-14-11-8-2/h19-20,22-23,28-31,38,41,59,62,68-69H,7-18,21,24-27,32-37,39-40,42-58,60-61,63-67H2,1-6H3,(H-,72,74,76,77)/p+1/b22-19-,23-20-,30-28-,31-29-,41-38-,62-59-. The number of quaternary nitrogens is 1. The van der Waals surface area contributed by atoms with Gasteiger partial charge in [0, 0.05) is 12.8 Å². The summed E-state index contributed by atoms with van der Waals surface area (Å²) in [7, 11) is 1.49. The summed E-state index contributed by atoms with van der Waals surface area (Å²) in [6.07, 6.45) is 79.0. The fourth-order valence-electron chi connectivity index (χ4n) is 9.80. The number of unbranched alkanes of at least 4 members (excludes halogenated alkanes) is 36. The van der Waals surface area contributed by atoms with Crippen LogP contribution in [0.1, 0.15) is 316 Å². The maximum absolute atomic E-state index is 13.6. The topological polar surface area (TPSA) is 111 Å². The predicted molar refractivity (Wildman–Crippen MR) is 351 cm³/mol. The van der Waals surface area contributed by atoms with E-state index in [1.807, 2.05) is 33.3 Å². The van der Waals surface area contributed by atoms with Gasteiger partial charge in [0.2, 0.25) is 5.91 Å². The molecule has 0 aliphatic carbocycles. The summed E-state index contributed by atoms with van der Waals surface area (Å²) in [6, 6.07) is -0.857. The van der Waals surface area contributed by atoms with Crippen LogP contribution in [0.15, 0.2) is 72.9 Å². The summed E-state index contributed by atoms with van der Waals surface area (Å²) in [4.78, 5) is 37.9. The first-order chi connectivity index (χ1) is 39.4. The Kier molecular flexibility index (Phi) is 58.7. The monoisotopic (exact) mass is 1160 g/mol. The van der Waals surface area contributed by atoms with E-state index in [1.54, 1.807) is 0 Å². The molecule has 3 unspecified atom stereocenters. The highest BCUT2D eigenvalue weighted by Crippen LogP contribution is 2.43. The predicted octanol–water partition coefficient (Wildman–Crippen LogP) is 21.6. The van der Waals surface area contributed by atoms with Crippen molar-refractivity contribution in [2.24, 2.45) is 0 Å². The van der Waals surface area contributed by atoms with Crippen LogP contribution in [0.25, 0.3) is 0 Å². The Morgan fingerprint density at radius 1 is 0.432 bits per heavy atom. The lowest BCUT2D eigenvalue weighted by Crippen LogP contribution is -2.47. The fraction of sp³-hybridized carbons (Fsp3) is 0.803. The first-order valence-electron chi connectivity index (χ1n) is 34.3. The number of phosphoric acid groups is 1. The van der Waals surface area contributed by atoms with E-state index in [0.717, 1.165) is 89.9 Å². The van der Waals surface area contributed by atoms with E-state index in [1.165, 1.54) is 193 Å². The molecule has 0 rings (SSSR count). The Bertz CT molecular complexity index is 1620. The third-order valence-electron chi connectivity index (χ3n) is 15.1. The lowest BCUT2D eigenvalue weighted by molar-refractivity contribution is -0.870. The van der Waals surface area contributed by atoms with E-state index < -0.39 is 20.0 Å². The highest BCUT2D eigenvalue weighted by molar-refractivity contribution is 7.47. The van der Waals surface area contributed by atoms with Crippen molar-refractivity contribution in [3.05, 3.63) is 72.9 Å². The molecule has 10 heteroatoms. The average Bonchev–Trinajstić information content (AvgIpc) is 3.44. The fourth-order valence-corrected chi connectivity index (χ4v) is 10.5. The molecule has 0 fully saturated rings. The number of amides is 1. The molecule has 0 radical (unpaired) electrons. The van der Waals surface area contributed by atoms with Gasteiger partial charge in [0.05, 0.1) is 33.8 Å². The third kappa shape index (κ3) is 61.8. The number of allylic oxidation sites excluding steroid dienone is 11. The molecule has 2 N–H and O–H groups in total. The molecule has 472 valence electrons. The van der Waals surface area contributed by atoms with Gasteiger partial charge in [0.15, 0.2) is 0 Å². The molecule has 0 aromatic heterocycles. The zero-order valence-electron chi connectivity index (χ0n) is 54.0. The van der Waals surface area contributed by atoms with Crippen molar-refractivity contribution in [1.29, 1.82) is 0 Å². The zero-order chi connectivity index (χ0) is 59.3. The normalized spacial score (nSPS) is 14.0. The van der Waals surface area contributed by atoms with Crippen LogP contribution in [0.5, 0.6) is 0 Å². The second kappa shape index (κ2) is 60.6. The number of hydrogen-bond acceptors (Lipinski definition) is 6. The van der Waals surface area contributed by atoms with E-state index in [9.17, 15) is 19.0 Å². The SMILES string of the molecule is CCCCC/C=C\C/C=C\C/C=C\CCCCCCCCC(=O)OC(/C=C\CCCCCCCCCCCCC)C(COP(=O)(O)OCC[N+](C)(C)C)NC(=O)CCCCCCCCCCCCCCC/C=C\C/C=C\CCCCC. The van der Waals surface area contributed by atoms with Gasteiger partial charge < -0.3 is 19.4 Å². The lowest BCUT2D eigenvalue weighted by atomic mass is 10.0. The van der Waals surface area contributed by atoms with Crippen molar-refractivity contribution in [2.45, 2.75) is 328 Å². The highest BCUT2D eigenvalue weighted by atomic mass is 31.2. The minimum absolute atomic E-state index is 0.0364. The van der Waals surface area contributed by atoms with Crippen LogP contribution >= 0.6 is 7.82 Å². The van der Waals surface area contributed by atoms with Gasteiger partial charge in [0.25, 0.3) is 0 Å². The molecule has 0 saturated carbocycles. The van der Waals surface area contributed by atoms with E-state index in [2.05, 4.69) is 86.8 Å². The number of likely N-dealkylation sites (N-methyl/N-ethyl adjacent to an activating group) is 1. The van der Waals surface area contributed by atoms with Crippen molar-refractivity contribution in [2.75, 3.05) is 40.9 Å². The number of carbonyl (C=O) groups is 2. The van der Waals surface area contributed by atoms with Crippen LogP contribution in [0.3, 0.4) is 0 Å². The molecule has 3 atom stereocenters.